The Morgan fingerprint density at radius 3 is 2.54 bits per heavy atom. The standard InChI is InChI=1S/C15H15N5O4/c21-13(4-2-12-3-5-14(24-12)20(22)23)18-8-10-19(11-9-18)15-16-6-1-7-17-15/h1-7H,8-11H2/b4-2+. The zero-order chi connectivity index (χ0) is 16.9. The van der Waals surface area contributed by atoms with E-state index in [1.807, 2.05) is 4.90 Å². The lowest BCUT2D eigenvalue weighted by Crippen LogP contribution is -2.48. The molecule has 0 N–H and O–H groups in total. The predicted octanol–water partition coefficient (Wildman–Crippen LogP) is 1.34. The molecular weight excluding hydrogens is 314 g/mol. The lowest BCUT2D eigenvalue weighted by Gasteiger charge is -2.34. The van der Waals surface area contributed by atoms with Crippen molar-refractivity contribution in [3.05, 3.63) is 52.5 Å². The van der Waals surface area contributed by atoms with Gasteiger partial charge in [-0.15, -0.1) is 0 Å². The fraction of sp³-hybridized carbons (Fsp3) is 0.267. The molecule has 0 aromatic carbocycles. The summed E-state index contributed by atoms with van der Waals surface area (Å²) in [6.07, 6.45) is 6.16. The van der Waals surface area contributed by atoms with Crippen LogP contribution in [0.3, 0.4) is 0 Å². The quantitative estimate of drug-likeness (QED) is 0.473. The van der Waals surface area contributed by atoms with Crippen LogP contribution in [0.2, 0.25) is 0 Å². The number of carbonyl (C=O) groups is 1. The number of rotatable bonds is 4. The second kappa shape index (κ2) is 6.90. The number of aromatic nitrogens is 2. The fourth-order valence-electron chi connectivity index (χ4n) is 2.37. The summed E-state index contributed by atoms with van der Waals surface area (Å²) < 4.78 is 4.98. The van der Waals surface area contributed by atoms with Crippen LogP contribution in [0, 0.1) is 10.1 Å². The zero-order valence-electron chi connectivity index (χ0n) is 12.7. The minimum atomic E-state index is -0.621. The van der Waals surface area contributed by atoms with E-state index in [4.69, 9.17) is 4.42 Å². The second-order valence-corrected chi connectivity index (χ2v) is 5.13. The average molecular weight is 329 g/mol. The van der Waals surface area contributed by atoms with E-state index in [2.05, 4.69) is 9.97 Å². The van der Waals surface area contributed by atoms with E-state index >= 15 is 0 Å². The maximum atomic E-state index is 12.2. The van der Waals surface area contributed by atoms with Crippen molar-refractivity contribution in [3.63, 3.8) is 0 Å². The van der Waals surface area contributed by atoms with E-state index in [1.54, 1.807) is 23.4 Å². The fourth-order valence-corrected chi connectivity index (χ4v) is 2.37. The molecular formula is C15H15N5O4. The molecule has 0 unspecified atom stereocenters. The van der Waals surface area contributed by atoms with Crippen LogP contribution in [-0.4, -0.2) is 51.9 Å². The number of nitro groups is 1. The highest BCUT2D eigenvalue weighted by molar-refractivity contribution is 5.91. The number of anilines is 1. The van der Waals surface area contributed by atoms with Gasteiger partial charge in [-0.3, -0.25) is 14.9 Å². The Hall–Kier alpha value is -3.23. The number of carbonyl (C=O) groups excluding carboxylic acids is 1. The van der Waals surface area contributed by atoms with Gasteiger partial charge < -0.3 is 14.2 Å². The Kier molecular flexibility index (Phi) is 4.50. The molecule has 24 heavy (non-hydrogen) atoms. The van der Waals surface area contributed by atoms with Crippen molar-refractivity contribution in [2.75, 3.05) is 31.1 Å². The summed E-state index contributed by atoms with van der Waals surface area (Å²) in [6, 6.07) is 4.46. The Labute approximate surface area is 137 Å². The number of hydrogen-bond acceptors (Lipinski definition) is 7. The molecule has 1 saturated heterocycles. The van der Waals surface area contributed by atoms with Crippen LogP contribution in [0.15, 0.2) is 41.1 Å². The predicted molar refractivity (Wildman–Crippen MR) is 85.2 cm³/mol. The number of hydrogen-bond donors (Lipinski definition) is 0. The molecule has 2 aromatic rings. The first kappa shape index (κ1) is 15.7. The van der Waals surface area contributed by atoms with Crippen molar-refractivity contribution in [1.82, 2.24) is 14.9 Å². The van der Waals surface area contributed by atoms with Gasteiger partial charge in [0.2, 0.25) is 11.9 Å². The molecule has 9 heteroatoms. The van der Waals surface area contributed by atoms with Crippen molar-refractivity contribution < 1.29 is 14.1 Å². The highest BCUT2D eigenvalue weighted by Gasteiger charge is 2.21. The van der Waals surface area contributed by atoms with E-state index in [9.17, 15) is 14.9 Å². The molecule has 0 atom stereocenters. The topological polar surface area (TPSA) is 106 Å². The molecule has 1 amide bonds. The van der Waals surface area contributed by atoms with Crippen molar-refractivity contribution >= 4 is 23.8 Å². The molecule has 0 saturated carbocycles. The molecule has 1 fully saturated rings. The molecule has 0 radical (unpaired) electrons. The smallest absolute Gasteiger partial charge is 0.401 e. The summed E-state index contributed by atoms with van der Waals surface area (Å²) in [5.41, 5.74) is 0. The molecule has 3 heterocycles. The van der Waals surface area contributed by atoms with Gasteiger partial charge in [-0.05, 0) is 18.2 Å². The van der Waals surface area contributed by atoms with Crippen LogP contribution in [-0.2, 0) is 4.79 Å². The van der Waals surface area contributed by atoms with Gasteiger partial charge in [-0.1, -0.05) is 0 Å². The molecule has 0 bridgehead atoms. The van der Waals surface area contributed by atoms with Crippen molar-refractivity contribution in [1.29, 1.82) is 0 Å². The Morgan fingerprint density at radius 1 is 1.21 bits per heavy atom. The van der Waals surface area contributed by atoms with Crippen molar-refractivity contribution in [2.24, 2.45) is 0 Å². The molecule has 1 aliphatic heterocycles. The Balaban J connectivity index is 1.55. The van der Waals surface area contributed by atoms with Crippen LogP contribution >= 0.6 is 0 Å². The van der Waals surface area contributed by atoms with E-state index in [1.165, 1.54) is 24.3 Å². The van der Waals surface area contributed by atoms with Crippen LogP contribution in [0.5, 0.6) is 0 Å². The summed E-state index contributed by atoms with van der Waals surface area (Å²) in [6.45, 7) is 2.41. The largest absolute Gasteiger partial charge is 0.433 e. The number of furan rings is 1. The lowest BCUT2D eigenvalue weighted by atomic mass is 10.3. The van der Waals surface area contributed by atoms with Gasteiger partial charge >= 0.3 is 5.88 Å². The Bertz CT molecular complexity index is 750. The first-order valence-corrected chi connectivity index (χ1v) is 7.36. The third-order valence-electron chi connectivity index (χ3n) is 3.61. The minimum Gasteiger partial charge on any atom is -0.401 e. The van der Waals surface area contributed by atoms with Gasteiger partial charge in [0.05, 0.1) is 6.07 Å². The maximum Gasteiger partial charge on any atom is 0.433 e. The summed E-state index contributed by atoms with van der Waals surface area (Å²) in [5, 5.41) is 10.5. The molecule has 3 rings (SSSR count). The van der Waals surface area contributed by atoms with Crippen LogP contribution in [0.1, 0.15) is 5.76 Å². The summed E-state index contributed by atoms with van der Waals surface area (Å²) in [7, 11) is 0. The van der Waals surface area contributed by atoms with Gasteiger partial charge in [0.15, 0.2) is 0 Å². The number of piperazine rings is 1. The van der Waals surface area contributed by atoms with Crippen molar-refractivity contribution in [3.8, 4) is 0 Å². The zero-order valence-corrected chi connectivity index (χ0v) is 12.7. The lowest BCUT2D eigenvalue weighted by molar-refractivity contribution is -0.402. The molecule has 0 aliphatic carbocycles. The average Bonchev–Trinajstić information content (AvgIpc) is 3.10. The molecule has 0 spiro atoms. The molecule has 9 nitrogen and oxygen atoms in total. The monoisotopic (exact) mass is 329 g/mol. The third-order valence-corrected chi connectivity index (χ3v) is 3.61. The van der Waals surface area contributed by atoms with Crippen LogP contribution in [0.4, 0.5) is 11.8 Å². The normalized spacial score (nSPS) is 15.0. The van der Waals surface area contributed by atoms with Gasteiger partial charge in [0.25, 0.3) is 0 Å². The van der Waals surface area contributed by atoms with Gasteiger partial charge in [0.1, 0.15) is 10.7 Å². The van der Waals surface area contributed by atoms with E-state index in [0.717, 1.165) is 0 Å². The summed E-state index contributed by atoms with van der Waals surface area (Å²) in [4.78, 5) is 34.2. The molecule has 124 valence electrons. The van der Waals surface area contributed by atoms with Crippen LogP contribution < -0.4 is 4.90 Å². The Morgan fingerprint density at radius 2 is 1.92 bits per heavy atom. The van der Waals surface area contributed by atoms with E-state index in [-0.39, 0.29) is 17.6 Å². The second-order valence-electron chi connectivity index (χ2n) is 5.13. The third kappa shape index (κ3) is 3.57. The van der Waals surface area contributed by atoms with Gasteiger partial charge in [-0.2, -0.15) is 0 Å². The molecule has 2 aromatic heterocycles. The van der Waals surface area contributed by atoms with E-state index in [0.29, 0.717) is 32.1 Å². The number of nitrogens with zero attached hydrogens (tertiary/aromatic N) is 5. The van der Waals surface area contributed by atoms with Crippen LogP contribution in [0.25, 0.3) is 6.08 Å². The summed E-state index contributed by atoms with van der Waals surface area (Å²) >= 11 is 0. The first-order chi connectivity index (χ1) is 11.6. The number of amides is 1. The minimum absolute atomic E-state index is 0.164. The highest BCUT2D eigenvalue weighted by Crippen LogP contribution is 2.17. The molecule has 1 aliphatic rings. The summed E-state index contributed by atoms with van der Waals surface area (Å²) in [5.74, 6) is 0.413. The SMILES string of the molecule is O=C(/C=C/c1ccc([N+](=O)[O-])o1)N1CCN(c2ncccn2)CC1. The first-order valence-electron chi connectivity index (χ1n) is 7.36. The van der Waals surface area contributed by atoms with Gasteiger partial charge in [-0.25, -0.2) is 9.97 Å². The van der Waals surface area contributed by atoms with Crippen molar-refractivity contribution in [2.45, 2.75) is 0 Å². The highest BCUT2D eigenvalue weighted by atomic mass is 16.6. The van der Waals surface area contributed by atoms with E-state index < -0.39 is 4.92 Å². The van der Waals surface area contributed by atoms with Gasteiger partial charge in [0, 0.05) is 44.6 Å². The maximum absolute atomic E-state index is 12.2.